The van der Waals surface area contributed by atoms with Crippen molar-refractivity contribution in [1.29, 1.82) is 0 Å². The van der Waals surface area contributed by atoms with E-state index in [0.717, 1.165) is 23.1 Å². The molecule has 0 spiro atoms. The summed E-state index contributed by atoms with van der Waals surface area (Å²) in [6.07, 6.45) is 5.43. The molecule has 2 saturated heterocycles. The molecule has 17 heavy (non-hydrogen) atoms. The number of carbonyl (C=O) groups excluding carboxylic acids is 1. The molecule has 92 valence electrons. The zero-order valence-corrected chi connectivity index (χ0v) is 11.7. The lowest BCUT2D eigenvalue weighted by molar-refractivity contribution is 0.0743. The Morgan fingerprint density at radius 3 is 2.94 bits per heavy atom. The molecule has 3 rings (SSSR count). The van der Waals surface area contributed by atoms with Crippen molar-refractivity contribution in [3.05, 3.63) is 21.5 Å². The summed E-state index contributed by atoms with van der Waals surface area (Å²) in [4.78, 5) is 17.3. The second-order valence-corrected chi connectivity index (χ2v) is 6.15. The van der Waals surface area contributed by atoms with Gasteiger partial charge in [-0.25, -0.2) is 0 Å². The predicted octanol–water partition coefficient (Wildman–Crippen LogP) is 1.59. The number of aromatic amines is 1. The van der Waals surface area contributed by atoms with Crippen LogP contribution in [0.4, 0.5) is 0 Å². The molecule has 0 aliphatic carbocycles. The molecule has 3 heterocycles. The Bertz CT molecular complexity index is 431. The number of halogens is 1. The van der Waals surface area contributed by atoms with Gasteiger partial charge in [0.05, 0.1) is 0 Å². The number of carbonyl (C=O) groups is 1. The number of likely N-dealkylation sites (tertiary alicyclic amines) is 1. The molecule has 4 nitrogen and oxygen atoms in total. The zero-order valence-electron chi connectivity index (χ0n) is 9.58. The van der Waals surface area contributed by atoms with Crippen LogP contribution in [0.2, 0.25) is 0 Å². The molecule has 2 aliphatic rings. The lowest BCUT2D eigenvalue weighted by Gasteiger charge is -2.23. The van der Waals surface area contributed by atoms with Crippen molar-refractivity contribution < 1.29 is 4.79 Å². The van der Waals surface area contributed by atoms with Gasteiger partial charge in [-0.3, -0.25) is 4.79 Å². The van der Waals surface area contributed by atoms with Gasteiger partial charge in [0.25, 0.3) is 5.91 Å². The number of fused-ring (bicyclic) bond motifs is 2. The monoisotopic (exact) mass is 345 g/mol. The first-order valence-corrected chi connectivity index (χ1v) is 7.19. The van der Waals surface area contributed by atoms with Gasteiger partial charge in [-0.05, 0) is 47.9 Å². The normalized spacial score (nSPS) is 28.2. The molecule has 1 aromatic rings. The highest BCUT2D eigenvalue weighted by Gasteiger charge is 2.31. The highest BCUT2D eigenvalue weighted by Crippen LogP contribution is 2.21. The van der Waals surface area contributed by atoms with Crippen LogP contribution in [0, 0.1) is 3.57 Å². The molecule has 5 heteroatoms. The zero-order chi connectivity index (χ0) is 11.8. The van der Waals surface area contributed by atoms with Crippen molar-refractivity contribution in [2.75, 3.05) is 13.1 Å². The van der Waals surface area contributed by atoms with Gasteiger partial charge in [0.1, 0.15) is 5.69 Å². The van der Waals surface area contributed by atoms with Crippen LogP contribution >= 0.6 is 22.6 Å². The van der Waals surface area contributed by atoms with E-state index in [1.165, 1.54) is 12.8 Å². The molecule has 2 bridgehead atoms. The molecular weight excluding hydrogens is 329 g/mol. The molecule has 2 aliphatic heterocycles. The fraction of sp³-hybridized carbons (Fsp3) is 0.583. The van der Waals surface area contributed by atoms with Crippen LogP contribution < -0.4 is 5.32 Å². The number of amides is 1. The number of nitrogens with one attached hydrogen (secondary N) is 2. The van der Waals surface area contributed by atoms with Gasteiger partial charge >= 0.3 is 0 Å². The van der Waals surface area contributed by atoms with Crippen LogP contribution in [0.25, 0.3) is 0 Å². The molecule has 2 fully saturated rings. The quantitative estimate of drug-likeness (QED) is 0.760. The van der Waals surface area contributed by atoms with Crippen molar-refractivity contribution in [1.82, 2.24) is 15.2 Å². The number of H-pyrrole nitrogens is 1. The average Bonchev–Trinajstić information content (AvgIpc) is 2.84. The first-order valence-electron chi connectivity index (χ1n) is 6.11. The molecular formula is C12H16IN3O. The largest absolute Gasteiger partial charge is 0.356 e. The van der Waals surface area contributed by atoms with E-state index < -0.39 is 0 Å². The van der Waals surface area contributed by atoms with Gasteiger partial charge < -0.3 is 15.2 Å². The van der Waals surface area contributed by atoms with E-state index in [0.29, 0.717) is 17.8 Å². The Labute approximate surface area is 114 Å². The molecule has 2 atom stereocenters. The smallest absolute Gasteiger partial charge is 0.270 e. The standard InChI is InChI=1S/C12H16IN3O/c13-8-5-11(14-6-8)12(17)16-4-3-9-1-2-10(7-16)15-9/h5-6,9-10,14-15H,1-4,7H2. The van der Waals surface area contributed by atoms with Gasteiger partial charge in [0.2, 0.25) is 0 Å². The van der Waals surface area contributed by atoms with E-state index in [2.05, 4.69) is 32.9 Å². The fourth-order valence-electron chi connectivity index (χ4n) is 2.79. The van der Waals surface area contributed by atoms with E-state index in [-0.39, 0.29) is 5.91 Å². The first kappa shape index (κ1) is 11.5. The van der Waals surface area contributed by atoms with E-state index in [9.17, 15) is 4.79 Å². The Balaban J connectivity index is 1.73. The minimum atomic E-state index is 0.141. The maximum absolute atomic E-state index is 12.3. The molecule has 1 aromatic heterocycles. The summed E-state index contributed by atoms with van der Waals surface area (Å²) in [5.74, 6) is 0.141. The second kappa shape index (κ2) is 4.61. The number of aromatic nitrogens is 1. The SMILES string of the molecule is O=C(c1cc(I)c[nH]1)N1CCC2CCC(C1)N2. The van der Waals surface area contributed by atoms with Crippen molar-refractivity contribution in [2.45, 2.75) is 31.3 Å². The lowest BCUT2D eigenvalue weighted by Crippen LogP contribution is -2.39. The van der Waals surface area contributed by atoms with Crippen LogP contribution in [0.15, 0.2) is 12.3 Å². The summed E-state index contributed by atoms with van der Waals surface area (Å²) in [6.45, 7) is 1.73. The second-order valence-electron chi connectivity index (χ2n) is 4.91. The third-order valence-electron chi connectivity index (χ3n) is 3.69. The molecule has 0 saturated carbocycles. The van der Waals surface area contributed by atoms with Gasteiger partial charge in [-0.2, -0.15) is 0 Å². The van der Waals surface area contributed by atoms with Gasteiger partial charge in [-0.15, -0.1) is 0 Å². The Morgan fingerprint density at radius 1 is 1.35 bits per heavy atom. The maximum Gasteiger partial charge on any atom is 0.270 e. The molecule has 2 unspecified atom stereocenters. The van der Waals surface area contributed by atoms with Crippen LogP contribution in [0.1, 0.15) is 29.8 Å². The van der Waals surface area contributed by atoms with Gasteiger partial charge in [0, 0.05) is 34.9 Å². The minimum Gasteiger partial charge on any atom is -0.356 e. The third kappa shape index (κ3) is 2.35. The van der Waals surface area contributed by atoms with Crippen molar-refractivity contribution in [2.24, 2.45) is 0 Å². The van der Waals surface area contributed by atoms with Crippen LogP contribution in [0.3, 0.4) is 0 Å². The summed E-state index contributed by atoms with van der Waals surface area (Å²) >= 11 is 2.22. The van der Waals surface area contributed by atoms with Gasteiger partial charge in [0.15, 0.2) is 0 Å². The fourth-order valence-corrected chi connectivity index (χ4v) is 3.26. The van der Waals surface area contributed by atoms with Crippen molar-refractivity contribution >= 4 is 28.5 Å². The highest BCUT2D eigenvalue weighted by molar-refractivity contribution is 14.1. The Hall–Kier alpha value is -0.560. The first-order chi connectivity index (χ1) is 8.22. The Kier molecular flexibility index (Phi) is 3.12. The molecule has 0 radical (unpaired) electrons. The van der Waals surface area contributed by atoms with Crippen LogP contribution in [-0.2, 0) is 0 Å². The Morgan fingerprint density at radius 2 is 2.18 bits per heavy atom. The summed E-state index contributed by atoms with van der Waals surface area (Å²) < 4.78 is 1.08. The third-order valence-corrected chi connectivity index (χ3v) is 4.31. The summed E-state index contributed by atoms with van der Waals surface area (Å²) in [5, 5.41) is 3.59. The van der Waals surface area contributed by atoms with E-state index in [1.54, 1.807) is 0 Å². The molecule has 2 N–H and O–H groups in total. The predicted molar refractivity (Wildman–Crippen MR) is 74.0 cm³/mol. The highest BCUT2D eigenvalue weighted by atomic mass is 127. The molecule has 0 aromatic carbocycles. The number of hydrogen-bond donors (Lipinski definition) is 2. The van der Waals surface area contributed by atoms with Crippen molar-refractivity contribution in [3.63, 3.8) is 0 Å². The average molecular weight is 345 g/mol. The summed E-state index contributed by atoms with van der Waals surface area (Å²) in [5.41, 5.74) is 0.715. The van der Waals surface area contributed by atoms with Crippen molar-refractivity contribution in [3.8, 4) is 0 Å². The van der Waals surface area contributed by atoms with Crippen LogP contribution in [0.5, 0.6) is 0 Å². The van der Waals surface area contributed by atoms with Crippen LogP contribution in [-0.4, -0.2) is 41.0 Å². The summed E-state index contributed by atoms with van der Waals surface area (Å²) in [6, 6.07) is 3.04. The van der Waals surface area contributed by atoms with Gasteiger partial charge in [-0.1, -0.05) is 0 Å². The number of rotatable bonds is 1. The summed E-state index contributed by atoms with van der Waals surface area (Å²) in [7, 11) is 0. The minimum absolute atomic E-state index is 0.141. The van der Waals surface area contributed by atoms with E-state index >= 15 is 0 Å². The maximum atomic E-state index is 12.3. The van der Waals surface area contributed by atoms with E-state index in [1.807, 2.05) is 17.2 Å². The topological polar surface area (TPSA) is 48.1 Å². The number of hydrogen-bond acceptors (Lipinski definition) is 2. The molecule has 1 amide bonds. The lowest BCUT2D eigenvalue weighted by atomic mass is 10.1. The number of nitrogens with zero attached hydrogens (tertiary/aromatic N) is 1. The van der Waals surface area contributed by atoms with E-state index in [4.69, 9.17) is 0 Å².